The fourth-order valence-corrected chi connectivity index (χ4v) is 3.28. The van der Waals surface area contributed by atoms with E-state index in [2.05, 4.69) is 10.6 Å². The molecule has 0 spiro atoms. The van der Waals surface area contributed by atoms with Crippen molar-refractivity contribution in [3.05, 3.63) is 29.8 Å². The number of piperazine rings is 1. The second kappa shape index (κ2) is 12.6. The highest BCUT2D eigenvalue weighted by Gasteiger charge is 2.34. The van der Waals surface area contributed by atoms with Crippen molar-refractivity contribution >= 4 is 41.2 Å². The van der Waals surface area contributed by atoms with Gasteiger partial charge in [0.05, 0.1) is 27.2 Å². The summed E-state index contributed by atoms with van der Waals surface area (Å²) in [5.74, 6) is -0.290. The Hall–Kier alpha value is -3.18. The first-order valence-corrected chi connectivity index (χ1v) is 10.2. The van der Waals surface area contributed by atoms with Crippen molar-refractivity contribution in [3.8, 4) is 11.5 Å². The fourth-order valence-electron chi connectivity index (χ4n) is 2.96. The normalized spacial score (nSPS) is 15.8. The van der Waals surface area contributed by atoms with E-state index in [0.717, 1.165) is 5.56 Å². The predicted octanol–water partition coefficient (Wildman–Crippen LogP) is 0.498. The first kappa shape index (κ1) is 25.1. The lowest BCUT2D eigenvalue weighted by Gasteiger charge is -2.36. The molecule has 0 aliphatic carbocycles. The van der Waals surface area contributed by atoms with Gasteiger partial charge in [-0.2, -0.15) is 0 Å². The fraction of sp³-hybridized carbons (Fsp3) is 0.429. The number of benzene rings is 1. The number of ether oxygens (including phenoxy) is 4. The molecule has 2 amide bonds. The topological polar surface area (TPSA) is 115 Å². The van der Waals surface area contributed by atoms with Crippen molar-refractivity contribution in [3.63, 3.8) is 0 Å². The van der Waals surface area contributed by atoms with Crippen LogP contribution in [0.4, 0.5) is 0 Å². The largest absolute Gasteiger partial charge is 0.493 e. The minimum atomic E-state index is -0.874. The van der Waals surface area contributed by atoms with Crippen LogP contribution in [0.2, 0.25) is 0 Å². The van der Waals surface area contributed by atoms with Gasteiger partial charge in [0, 0.05) is 26.3 Å². The van der Waals surface area contributed by atoms with Crippen LogP contribution in [0.1, 0.15) is 12.0 Å². The second-order valence-electron chi connectivity index (χ2n) is 6.66. The van der Waals surface area contributed by atoms with E-state index in [1.165, 1.54) is 32.3 Å². The second-order valence-corrected chi connectivity index (χ2v) is 7.05. The van der Waals surface area contributed by atoms with E-state index in [0.29, 0.717) is 24.6 Å². The molecule has 1 atom stereocenters. The average molecular weight is 466 g/mol. The highest BCUT2D eigenvalue weighted by Crippen LogP contribution is 2.27. The van der Waals surface area contributed by atoms with Crippen LogP contribution in [0.3, 0.4) is 0 Å². The van der Waals surface area contributed by atoms with Crippen LogP contribution in [0.15, 0.2) is 24.3 Å². The third-order valence-electron chi connectivity index (χ3n) is 4.57. The summed E-state index contributed by atoms with van der Waals surface area (Å²) in [6.45, 7) is 1.03. The van der Waals surface area contributed by atoms with Gasteiger partial charge in [-0.1, -0.05) is 6.07 Å². The lowest BCUT2D eigenvalue weighted by molar-refractivity contribution is -0.148. The predicted molar refractivity (Wildman–Crippen MR) is 120 cm³/mol. The minimum Gasteiger partial charge on any atom is -0.493 e. The van der Waals surface area contributed by atoms with E-state index in [9.17, 15) is 14.4 Å². The molecule has 0 aromatic heterocycles. The van der Waals surface area contributed by atoms with Gasteiger partial charge in [0.25, 0.3) is 0 Å². The maximum atomic E-state index is 12.4. The van der Waals surface area contributed by atoms with Crippen LogP contribution in [-0.2, 0) is 23.9 Å². The molecule has 1 aliphatic heterocycles. The zero-order valence-corrected chi connectivity index (χ0v) is 19.0. The molecule has 0 saturated carbocycles. The number of nitrogens with zero attached hydrogens (tertiary/aromatic N) is 1. The maximum absolute atomic E-state index is 12.4. The SMILES string of the molecule is COCCOC(=O)CC1C(=O)NCCN1C(=S)NC(=O)/C=C/c1ccc(OC)c(OC)c1. The standard InChI is InChI=1S/C21H27N3O7S/c1-28-10-11-31-19(26)13-15-20(27)22-8-9-24(15)21(32)23-18(25)7-5-14-4-6-16(29-2)17(12-14)30-3/h4-7,12,15H,8-11,13H2,1-3H3,(H,22,27)(H,23,25,32)/b7-5+. The Labute approximate surface area is 191 Å². The Morgan fingerprint density at radius 1 is 1.22 bits per heavy atom. The molecule has 174 valence electrons. The summed E-state index contributed by atoms with van der Waals surface area (Å²) in [6.07, 6.45) is 2.70. The Morgan fingerprint density at radius 2 is 1.97 bits per heavy atom. The van der Waals surface area contributed by atoms with Crippen LogP contribution >= 0.6 is 12.2 Å². The van der Waals surface area contributed by atoms with Gasteiger partial charge in [-0.3, -0.25) is 19.7 Å². The first-order chi connectivity index (χ1) is 15.4. The third kappa shape index (κ3) is 7.20. The summed E-state index contributed by atoms with van der Waals surface area (Å²) < 4.78 is 20.3. The zero-order valence-electron chi connectivity index (χ0n) is 18.2. The quantitative estimate of drug-likeness (QED) is 0.233. The van der Waals surface area contributed by atoms with Crippen molar-refractivity contribution in [2.75, 3.05) is 47.6 Å². The number of rotatable bonds is 9. The average Bonchev–Trinajstić information content (AvgIpc) is 2.78. The van der Waals surface area contributed by atoms with Crippen molar-refractivity contribution < 1.29 is 33.3 Å². The minimum absolute atomic E-state index is 0.0523. The lowest BCUT2D eigenvalue weighted by Crippen LogP contribution is -2.60. The van der Waals surface area contributed by atoms with E-state index >= 15 is 0 Å². The van der Waals surface area contributed by atoms with Crippen molar-refractivity contribution in [2.45, 2.75) is 12.5 Å². The van der Waals surface area contributed by atoms with E-state index in [1.54, 1.807) is 24.3 Å². The molecule has 1 saturated heterocycles. The molecule has 2 N–H and O–H groups in total. The van der Waals surface area contributed by atoms with Gasteiger partial charge in [-0.25, -0.2) is 0 Å². The molecular formula is C21H27N3O7S. The Balaban J connectivity index is 1.99. The number of hydrogen-bond acceptors (Lipinski definition) is 8. The molecule has 1 unspecified atom stereocenters. The third-order valence-corrected chi connectivity index (χ3v) is 4.90. The maximum Gasteiger partial charge on any atom is 0.308 e. The van der Waals surface area contributed by atoms with Crippen LogP contribution in [0.5, 0.6) is 11.5 Å². The zero-order chi connectivity index (χ0) is 23.5. The number of carbonyl (C=O) groups excluding carboxylic acids is 3. The lowest BCUT2D eigenvalue weighted by atomic mass is 10.1. The van der Waals surface area contributed by atoms with Gasteiger partial charge >= 0.3 is 5.97 Å². The molecule has 1 heterocycles. The smallest absolute Gasteiger partial charge is 0.308 e. The summed E-state index contributed by atoms with van der Waals surface area (Å²) in [6, 6.07) is 4.34. The molecule has 11 heteroatoms. The summed E-state index contributed by atoms with van der Waals surface area (Å²) in [7, 11) is 4.55. The van der Waals surface area contributed by atoms with Crippen LogP contribution in [0, 0.1) is 0 Å². The highest BCUT2D eigenvalue weighted by molar-refractivity contribution is 7.80. The Morgan fingerprint density at radius 3 is 2.66 bits per heavy atom. The molecule has 0 radical (unpaired) electrons. The number of nitrogens with one attached hydrogen (secondary N) is 2. The number of thiocarbonyl (C=S) groups is 1. The molecule has 32 heavy (non-hydrogen) atoms. The van der Waals surface area contributed by atoms with Crippen LogP contribution in [-0.4, -0.2) is 81.5 Å². The molecule has 1 aromatic carbocycles. The Bertz CT molecular complexity index is 875. The molecule has 1 fully saturated rings. The van der Waals surface area contributed by atoms with E-state index in [-0.39, 0.29) is 30.7 Å². The summed E-state index contributed by atoms with van der Waals surface area (Å²) in [4.78, 5) is 38.2. The number of esters is 1. The van der Waals surface area contributed by atoms with Crippen molar-refractivity contribution in [1.82, 2.24) is 15.5 Å². The molecule has 0 bridgehead atoms. The number of hydrogen-bond donors (Lipinski definition) is 2. The molecule has 2 rings (SSSR count). The van der Waals surface area contributed by atoms with E-state index in [1.807, 2.05) is 0 Å². The van der Waals surface area contributed by atoms with Crippen LogP contribution < -0.4 is 20.1 Å². The van der Waals surface area contributed by atoms with E-state index in [4.69, 9.17) is 31.2 Å². The van der Waals surface area contributed by atoms with Crippen molar-refractivity contribution in [1.29, 1.82) is 0 Å². The van der Waals surface area contributed by atoms with Gasteiger partial charge in [0.15, 0.2) is 16.6 Å². The van der Waals surface area contributed by atoms with Crippen molar-refractivity contribution in [2.24, 2.45) is 0 Å². The number of carbonyl (C=O) groups is 3. The van der Waals surface area contributed by atoms with Gasteiger partial charge in [-0.05, 0) is 36.0 Å². The monoisotopic (exact) mass is 465 g/mol. The molecule has 10 nitrogen and oxygen atoms in total. The summed E-state index contributed by atoms with van der Waals surface area (Å²) >= 11 is 5.31. The molecular weight excluding hydrogens is 438 g/mol. The van der Waals surface area contributed by atoms with E-state index < -0.39 is 17.9 Å². The van der Waals surface area contributed by atoms with Gasteiger partial charge in [0.2, 0.25) is 11.8 Å². The number of methoxy groups -OCH3 is 3. The number of amides is 2. The van der Waals surface area contributed by atoms with Gasteiger partial charge in [0.1, 0.15) is 12.6 Å². The van der Waals surface area contributed by atoms with Gasteiger partial charge in [-0.15, -0.1) is 0 Å². The van der Waals surface area contributed by atoms with Gasteiger partial charge < -0.3 is 29.2 Å². The summed E-state index contributed by atoms with van der Waals surface area (Å²) in [5.41, 5.74) is 0.720. The molecule has 1 aliphatic rings. The first-order valence-electron chi connectivity index (χ1n) is 9.83. The van der Waals surface area contributed by atoms with Crippen LogP contribution in [0.25, 0.3) is 6.08 Å². The summed E-state index contributed by atoms with van der Waals surface area (Å²) in [5, 5.41) is 5.31. The Kier molecular flexibility index (Phi) is 9.89. The highest BCUT2D eigenvalue weighted by atomic mass is 32.1. The molecule has 1 aromatic rings.